The first-order valence-corrected chi connectivity index (χ1v) is 2.90. The van der Waals surface area contributed by atoms with Crippen LogP contribution in [0.4, 0.5) is 0 Å². The van der Waals surface area contributed by atoms with Gasteiger partial charge in [-0.15, -0.1) is 6.58 Å². The molecule has 0 unspecified atom stereocenters. The zero-order valence-corrected chi connectivity index (χ0v) is 7.18. The van der Waals surface area contributed by atoms with Gasteiger partial charge in [0, 0.05) is 30.4 Å². The van der Waals surface area contributed by atoms with Crippen molar-refractivity contribution in [1.29, 1.82) is 0 Å². The second-order valence-electron chi connectivity index (χ2n) is 2.05. The van der Waals surface area contributed by atoms with Crippen molar-refractivity contribution in [2.24, 2.45) is 0 Å². The molecular weight excluding hydrogens is 180 g/mol. The van der Waals surface area contributed by atoms with Crippen molar-refractivity contribution in [2.45, 2.75) is 20.3 Å². The zero-order chi connectivity index (χ0) is 7.28. The van der Waals surface area contributed by atoms with E-state index in [1.165, 1.54) is 6.92 Å². The monoisotopic (exact) mass is 191 g/mol. The molecule has 10 heavy (non-hydrogen) atoms. The Morgan fingerprint density at radius 2 is 2.00 bits per heavy atom. The van der Waals surface area contributed by atoms with Gasteiger partial charge >= 0.3 is 5.97 Å². The van der Waals surface area contributed by atoms with Crippen LogP contribution in [0.2, 0.25) is 0 Å². The van der Waals surface area contributed by atoms with Crippen LogP contribution in [-0.2, 0) is 26.6 Å². The van der Waals surface area contributed by atoms with Gasteiger partial charge in [-0.2, -0.15) is 0 Å². The molecule has 0 atom stereocenters. The molecule has 63 valence electrons. The molecule has 0 heterocycles. The van der Waals surface area contributed by atoms with Crippen molar-refractivity contribution in [3.05, 3.63) is 12.2 Å². The Bertz CT molecular complexity index is 107. The number of carbonyl (C=O) groups is 1. The van der Waals surface area contributed by atoms with Crippen molar-refractivity contribution < 1.29 is 26.6 Å². The molecule has 0 amide bonds. The van der Waals surface area contributed by atoms with Crippen molar-refractivity contribution >= 4 is 5.97 Å². The Balaban J connectivity index is 0. The third-order valence-electron chi connectivity index (χ3n) is 0.834. The molecule has 1 radical (unpaired) electrons. The van der Waals surface area contributed by atoms with Crippen LogP contribution in [0.15, 0.2) is 12.2 Å². The van der Waals surface area contributed by atoms with Crippen LogP contribution < -0.4 is 0 Å². The van der Waals surface area contributed by atoms with Crippen LogP contribution in [0.25, 0.3) is 0 Å². The van der Waals surface area contributed by atoms with Crippen molar-refractivity contribution in [3.8, 4) is 0 Å². The van der Waals surface area contributed by atoms with E-state index in [9.17, 15) is 4.79 Å². The summed E-state index contributed by atoms with van der Waals surface area (Å²) in [4.78, 5) is 10.2. The SMILES string of the molecule is C=C(C)CCOC(C)=O.[Cu]. The summed E-state index contributed by atoms with van der Waals surface area (Å²) in [6, 6.07) is 0. The largest absolute Gasteiger partial charge is 0.466 e. The van der Waals surface area contributed by atoms with E-state index in [0.717, 1.165) is 12.0 Å². The van der Waals surface area contributed by atoms with E-state index < -0.39 is 0 Å². The summed E-state index contributed by atoms with van der Waals surface area (Å²) in [5.41, 5.74) is 1.04. The normalized spacial score (nSPS) is 7.80. The number of ether oxygens (including phenoxy) is 1. The Morgan fingerprint density at radius 3 is 2.30 bits per heavy atom. The summed E-state index contributed by atoms with van der Waals surface area (Å²) < 4.78 is 4.65. The number of carbonyl (C=O) groups excluding carboxylic acids is 1. The van der Waals surface area contributed by atoms with Crippen LogP contribution in [-0.4, -0.2) is 12.6 Å². The van der Waals surface area contributed by atoms with Gasteiger partial charge in [-0.1, -0.05) is 5.57 Å². The average Bonchev–Trinajstić information content (AvgIpc) is 1.63. The fourth-order valence-electron chi connectivity index (χ4n) is 0.369. The van der Waals surface area contributed by atoms with Gasteiger partial charge in [0.05, 0.1) is 6.61 Å². The van der Waals surface area contributed by atoms with Crippen LogP contribution in [0.5, 0.6) is 0 Å². The molecule has 0 aromatic heterocycles. The molecule has 0 aromatic rings. The third kappa shape index (κ3) is 10.7. The van der Waals surface area contributed by atoms with Crippen LogP contribution in [0, 0.1) is 0 Å². The first-order valence-electron chi connectivity index (χ1n) is 2.90. The second kappa shape index (κ2) is 6.84. The molecule has 0 rings (SSSR count). The molecule has 0 aliphatic heterocycles. The third-order valence-corrected chi connectivity index (χ3v) is 0.834. The van der Waals surface area contributed by atoms with E-state index in [2.05, 4.69) is 11.3 Å². The van der Waals surface area contributed by atoms with E-state index >= 15 is 0 Å². The molecule has 0 fully saturated rings. The fraction of sp³-hybridized carbons (Fsp3) is 0.571. The van der Waals surface area contributed by atoms with Crippen molar-refractivity contribution in [2.75, 3.05) is 6.61 Å². The Labute approximate surface area is 72.1 Å². The number of hydrogen-bond donors (Lipinski definition) is 0. The predicted molar refractivity (Wildman–Crippen MR) is 36.1 cm³/mol. The predicted octanol–water partition coefficient (Wildman–Crippen LogP) is 1.51. The smallest absolute Gasteiger partial charge is 0.302 e. The Hall–Kier alpha value is -0.271. The van der Waals surface area contributed by atoms with Gasteiger partial charge in [0.2, 0.25) is 0 Å². The first kappa shape index (κ1) is 12.4. The molecule has 0 spiro atoms. The topological polar surface area (TPSA) is 26.3 Å². The van der Waals surface area contributed by atoms with E-state index in [0.29, 0.717) is 6.61 Å². The van der Waals surface area contributed by atoms with Gasteiger partial charge in [-0.3, -0.25) is 4.79 Å². The summed E-state index contributed by atoms with van der Waals surface area (Å²) in [6.45, 7) is 7.43. The standard InChI is InChI=1S/C7H12O2.Cu/c1-6(2)4-5-9-7(3)8;/h1,4-5H2,2-3H3;. The molecule has 0 saturated carbocycles. The zero-order valence-electron chi connectivity index (χ0n) is 6.24. The summed E-state index contributed by atoms with van der Waals surface area (Å²) in [7, 11) is 0. The molecule has 0 aliphatic carbocycles. The van der Waals surface area contributed by atoms with E-state index in [-0.39, 0.29) is 23.0 Å². The maximum atomic E-state index is 10.2. The van der Waals surface area contributed by atoms with Gasteiger partial charge in [0.15, 0.2) is 0 Å². The van der Waals surface area contributed by atoms with E-state index in [1.807, 2.05) is 6.92 Å². The van der Waals surface area contributed by atoms with Crippen LogP contribution in [0.1, 0.15) is 20.3 Å². The maximum Gasteiger partial charge on any atom is 0.302 e. The Kier molecular flexibility index (Phi) is 8.49. The molecule has 3 heteroatoms. The maximum absolute atomic E-state index is 10.2. The molecule has 2 nitrogen and oxygen atoms in total. The average molecular weight is 192 g/mol. The van der Waals surface area contributed by atoms with Crippen LogP contribution in [0.3, 0.4) is 0 Å². The molecule has 0 saturated heterocycles. The molecule has 0 aromatic carbocycles. The number of rotatable bonds is 3. The van der Waals surface area contributed by atoms with Gasteiger partial charge in [-0.05, 0) is 6.92 Å². The minimum absolute atomic E-state index is 0. The Morgan fingerprint density at radius 1 is 1.50 bits per heavy atom. The fourth-order valence-corrected chi connectivity index (χ4v) is 0.369. The van der Waals surface area contributed by atoms with E-state index in [1.54, 1.807) is 0 Å². The summed E-state index contributed by atoms with van der Waals surface area (Å²) in [5.74, 6) is -0.226. The second-order valence-corrected chi connectivity index (χ2v) is 2.05. The number of esters is 1. The quantitative estimate of drug-likeness (QED) is 0.384. The summed E-state index contributed by atoms with van der Waals surface area (Å²) in [5, 5.41) is 0. The molecule has 0 bridgehead atoms. The van der Waals surface area contributed by atoms with Gasteiger partial charge in [0.25, 0.3) is 0 Å². The minimum atomic E-state index is -0.226. The van der Waals surface area contributed by atoms with Gasteiger partial charge < -0.3 is 4.74 Å². The van der Waals surface area contributed by atoms with E-state index in [4.69, 9.17) is 0 Å². The molecule has 0 N–H and O–H groups in total. The first-order chi connectivity index (χ1) is 4.13. The van der Waals surface area contributed by atoms with Crippen molar-refractivity contribution in [3.63, 3.8) is 0 Å². The summed E-state index contributed by atoms with van der Waals surface area (Å²) >= 11 is 0. The van der Waals surface area contributed by atoms with Crippen molar-refractivity contribution in [1.82, 2.24) is 0 Å². The number of hydrogen-bond acceptors (Lipinski definition) is 2. The molecule has 0 aliphatic rings. The minimum Gasteiger partial charge on any atom is -0.466 e. The van der Waals surface area contributed by atoms with Gasteiger partial charge in [-0.25, -0.2) is 0 Å². The summed E-state index contributed by atoms with van der Waals surface area (Å²) in [6.07, 6.45) is 0.763. The molecular formula is C7H12CuO2. The van der Waals surface area contributed by atoms with Gasteiger partial charge in [0.1, 0.15) is 0 Å². The van der Waals surface area contributed by atoms with Crippen LogP contribution >= 0.6 is 0 Å².